The molecule has 0 aliphatic rings. The Hall–Kier alpha value is 0.217. The van der Waals surface area contributed by atoms with Crippen molar-refractivity contribution in [3.05, 3.63) is 0 Å². The molecule has 0 rings (SSSR count). The molecule has 0 heterocycles. The Kier molecular flexibility index (Phi) is 11.8. The third kappa shape index (κ3) is 10.1. The number of hydrogen-bond donors (Lipinski definition) is 0. The fraction of sp³-hybridized carbons (Fsp3) is 0.895. The Labute approximate surface area is 149 Å². The van der Waals surface area contributed by atoms with Crippen molar-refractivity contribution in [3.63, 3.8) is 0 Å². The fourth-order valence-electron chi connectivity index (χ4n) is 2.16. The molecule has 0 saturated heterocycles. The molecule has 130 valence electrons. The first kappa shape index (κ1) is 22.2. The van der Waals surface area contributed by atoms with Crippen LogP contribution in [0.15, 0.2) is 0 Å². The molecule has 0 fully saturated rings. The van der Waals surface area contributed by atoms with Gasteiger partial charge in [-0.25, -0.2) is 0 Å². The standard InChI is InChI=1S/C19H37BrOSi/c1-7-15-18(21-22(5,6)19(2,3)4)16-13-11-9-8-10-12-14-17-20/h18H,8-14,16-17H2,1-6H3/t18-/m0/s1. The van der Waals surface area contributed by atoms with Gasteiger partial charge >= 0.3 is 0 Å². The second kappa shape index (κ2) is 11.7. The van der Waals surface area contributed by atoms with E-state index < -0.39 is 8.32 Å². The zero-order valence-electron chi connectivity index (χ0n) is 15.7. The molecule has 0 saturated carbocycles. The Balaban J connectivity index is 4.03. The van der Waals surface area contributed by atoms with E-state index in [9.17, 15) is 0 Å². The van der Waals surface area contributed by atoms with E-state index in [2.05, 4.69) is 61.6 Å². The summed E-state index contributed by atoms with van der Waals surface area (Å²) in [5.74, 6) is 6.35. The quantitative estimate of drug-likeness (QED) is 0.161. The van der Waals surface area contributed by atoms with Crippen LogP contribution in [0.1, 0.15) is 79.1 Å². The van der Waals surface area contributed by atoms with Crippen molar-refractivity contribution in [2.75, 3.05) is 5.33 Å². The predicted octanol–water partition coefficient (Wildman–Crippen LogP) is 6.92. The molecule has 0 unspecified atom stereocenters. The van der Waals surface area contributed by atoms with Gasteiger partial charge in [0.05, 0.1) is 0 Å². The van der Waals surface area contributed by atoms with Crippen LogP contribution in [0.5, 0.6) is 0 Å². The van der Waals surface area contributed by atoms with E-state index in [0.29, 0.717) is 0 Å². The SMILES string of the molecule is CC#C[C@@H](CCCCCCCCCBr)O[Si](C)(C)C(C)(C)C. The molecule has 0 aliphatic heterocycles. The largest absolute Gasteiger partial charge is 0.403 e. The predicted molar refractivity (Wildman–Crippen MR) is 106 cm³/mol. The van der Waals surface area contributed by atoms with Crippen LogP contribution in [0.25, 0.3) is 0 Å². The maximum Gasteiger partial charge on any atom is 0.193 e. The van der Waals surface area contributed by atoms with Crippen molar-refractivity contribution in [3.8, 4) is 11.8 Å². The molecule has 0 N–H and O–H groups in total. The van der Waals surface area contributed by atoms with Gasteiger partial charge in [-0.3, -0.25) is 0 Å². The molecule has 0 bridgehead atoms. The molecule has 0 aliphatic carbocycles. The van der Waals surface area contributed by atoms with Crippen LogP contribution < -0.4 is 0 Å². The van der Waals surface area contributed by atoms with Crippen molar-refractivity contribution in [1.29, 1.82) is 0 Å². The van der Waals surface area contributed by atoms with E-state index in [1.54, 1.807) is 0 Å². The lowest BCUT2D eigenvalue weighted by atomic mass is 10.1. The minimum absolute atomic E-state index is 0.138. The minimum Gasteiger partial charge on any atom is -0.403 e. The summed E-state index contributed by atoms with van der Waals surface area (Å²) in [5.41, 5.74) is 0. The van der Waals surface area contributed by atoms with Gasteiger partial charge in [0, 0.05) is 5.33 Å². The number of unbranched alkanes of at least 4 members (excludes halogenated alkanes) is 6. The van der Waals surface area contributed by atoms with Crippen LogP contribution >= 0.6 is 15.9 Å². The summed E-state index contributed by atoms with van der Waals surface area (Å²) in [7, 11) is -1.70. The van der Waals surface area contributed by atoms with Gasteiger partial charge in [-0.2, -0.15) is 0 Å². The van der Waals surface area contributed by atoms with Crippen molar-refractivity contribution < 1.29 is 4.43 Å². The third-order valence-electron chi connectivity index (χ3n) is 4.65. The molecule has 1 atom stereocenters. The van der Waals surface area contributed by atoms with Gasteiger partial charge in [0.2, 0.25) is 0 Å². The fourth-order valence-corrected chi connectivity index (χ4v) is 3.80. The first-order valence-corrected chi connectivity index (χ1v) is 12.9. The minimum atomic E-state index is -1.70. The highest BCUT2D eigenvalue weighted by Gasteiger charge is 2.38. The summed E-state index contributed by atoms with van der Waals surface area (Å²) in [6, 6.07) is 0. The van der Waals surface area contributed by atoms with Crippen molar-refractivity contribution in [1.82, 2.24) is 0 Å². The molecule has 0 aromatic carbocycles. The van der Waals surface area contributed by atoms with Gasteiger partial charge in [-0.1, -0.05) is 74.7 Å². The van der Waals surface area contributed by atoms with E-state index in [1.807, 2.05) is 6.92 Å². The molecule has 22 heavy (non-hydrogen) atoms. The van der Waals surface area contributed by atoms with E-state index in [-0.39, 0.29) is 11.1 Å². The summed E-state index contributed by atoms with van der Waals surface area (Å²) < 4.78 is 6.46. The first-order valence-electron chi connectivity index (χ1n) is 8.90. The normalized spacial score (nSPS) is 13.6. The highest BCUT2D eigenvalue weighted by molar-refractivity contribution is 9.09. The lowest BCUT2D eigenvalue weighted by molar-refractivity contribution is 0.219. The molecule has 0 amide bonds. The van der Waals surface area contributed by atoms with Crippen LogP contribution in [0.4, 0.5) is 0 Å². The molecule has 0 aromatic rings. The van der Waals surface area contributed by atoms with Gasteiger partial charge in [0.15, 0.2) is 8.32 Å². The Morgan fingerprint density at radius 2 is 1.45 bits per heavy atom. The van der Waals surface area contributed by atoms with Crippen LogP contribution in [0.2, 0.25) is 18.1 Å². The van der Waals surface area contributed by atoms with Crippen molar-refractivity contribution in [2.45, 2.75) is 103 Å². The zero-order valence-corrected chi connectivity index (χ0v) is 18.3. The second-order valence-electron chi connectivity index (χ2n) is 7.71. The molecular formula is C19H37BrOSi. The van der Waals surface area contributed by atoms with Crippen LogP contribution in [-0.2, 0) is 4.43 Å². The Morgan fingerprint density at radius 1 is 0.955 bits per heavy atom. The highest BCUT2D eigenvalue weighted by atomic mass is 79.9. The smallest absolute Gasteiger partial charge is 0.193 e. The third-order valence-corrected chi connectivity index (χ3v) is 9.70. The summed E-state index contributed by atoms with van der Waals surface area (Å²) in [6.45, 7) is 13.4. The highest BCUT2D eigenvalue weighted by Crippen LogP contribution is 2.37. The number of halogens is 1. The summed E-state index contributed by atoms with van der Waals surface area (Å²) in [4.78, 5) is 0. The van der Waals surface area contributed by atoms with Crippen molar-refractivity contribution in [2.24, 2.45) is 0 Å². The maximum absolute atomic E-state index is 6.46. The summed E-state index contributed by atoms with van der Waals surface area (Å²) in [5, 5.41) is 1.41. The van der Waals surface area contributed by atoms with Gasteiger partial charge in [-0.05, 0) is 44.3 Å². The van der Waals surface area contributed by atoms with Crippen LogP contribution in [0.3, 0.4) is 0 Å². The zero-order chi connectivity index (χ0) is 17.1. The molecule has 0 radical (unpaired) electrons. The molecular weight excluding hydrogens is 352 g/mol. The Morgan fingerprint density at radius 3 is 1.91 bits per heavy atom. The lowest BCUT2D eigenvalue weighted by Gasteiger charge is -2.38. The summed E-state index contributed by atoms with van der Waals surface area (Å²) in [6.07, 6.45) is 10.6. The Bertz CT molecular complexity index is 336. The molecule has 0 spiro atoms. The number of hydrogen-bond acceptors (Lipinski definition) is 1. The van der Waals surface area contributed by atoms with E-state index in [0.717, 1.165) is 11.8 Å². The van der Waals surface area contributed by atoms with Gasteiger partial charge in [0.1, 0.15) is 6.10 Å². The van der Waals surface area contributed by atoms with Crippen LogP contribution in [0, 0.1) is 11.8 Å². The molecule has 3 heteroatoms. The second-order valence-corrected chi connectivity index (χ2v) is 13.3. The van der Waals surface area contributed by atoms with E-state index in [4.69, 9.17) is 4.43 Å². The van der Waals surface area contributed by atoms with Crippen LogP contribution in [-0.4, -0.2) is 19.8 Å². The molecule has 1 nitrogen and oxygen atoms in total. The number of alkyl halides is 1. The van der Waals surface area contributed by atoms with Crippen molar-refractivity contribution >= 4 is 24.2 Å². The topological polar surface area (TPSA) is 9.23 Å². The summed E-state index contributed by atoms with van der Waals surface area (Å²) >= 11 is 3.49. The molecule has 0 aromatic heterocycles. The van der Waals surface area contributed by atoms with Gasteiger partial charge < -0.3 is 4.43 Å². The number of rotatable bonds is 11. The first-order chi connectivity index (χ1) is 10.2. The van der Waals surface area contributed by atoms with Gasteiger partial charge in [0.25, 0.3) is 0 Å². The average molecular weight is 389 g/mol. The van der Waals surface area contributed by atoms with Gasteiger partial charge in [-0.15, -0.1) is 5.92 Å². The average Bonchev–Trinajstić information content (AvgIpc) is 2.40. The lowest BCUT2D eigenvalue weighted by Crippen LogP contribution is -2.43. The van der Waals surface area contributed by atoms with E-state index >= 15 is 0 Å². The monoisotopic (exact) mass is 388 g/mol. The van der Waals surface area contributed by atoms with E-state index in [1.165, 1.54) is 44.9 Å². The maximum atomic E-state index is 6.46.